The number of rotatable bonds is 4. The predicted molar refractivity (Wildman–Crippen MR) is 69.4 cm³/mol. The van der Waals surface area contributed by atoms with E-state index in [0.29, 0.717) is 10.8 Å². The normalized spacial score (nSPS) is 9.74. The molecule has 2 aromatic rings. The Labute approximate surface area is 113 Å². The van der Waals surface area contributed by atoms with Gasteiger partial charge in [-0.15, -0.1) is 0 Å². The Morgan fingerprint density at radius 2 is 2.16 bits per heavy atom. The molecule has 2 rings (SSSR count). The Hall–Kier alpha value is -2.37. The summed E-state index contributed by atoms with van der Waals surface area (Å²) in [4.78, 5) is 14.8. The van der Waals surface area contributed by atoms with Crippen LogP contribution in [0.25, 0.3) is 10.4 Å². The van der Waals surface area contributed by atoms with Crippen LogP contribution in [0.15, 0.2) is 55.9 Å². The number of furan rings is 1. The second-order valence-electron chi connectivity index (χ2n) is 3.37. The van der Waals surface area contributed by atoms with Gasteiger partial charge >= 0.3 is 5.97 Å². The molecule has 0 saturated carbocycles. The van der Waals surface area contributed by atoms with E-state index in [4.69, 9.17) is 9.95 Å². The molecule has 6 nitrogen and oxygen atoms in total. The van der Waals surface area contributed by atoms with Crippen LogP contribution in [0, 0.1) is 0 Å². The zero-order chi connectivity index (χ0) is 13.7. The zero-order valence-corrected chi connectivity index (χ0v) is 10.8. The molecule has 19 heavy (non-hydrogen) atoms. The van der Waals surface area contributed by atoms with E-state index in [1.54, 1.807) is 24.3 Å². The molecule has 7 heteroatoms. The van der Waals surface area contributed by atoms with E-state index in [2.05, 4.69) is 14.8 Å². The predicted octanol–water partition coefficient (Wildman–Crippen LogP) is 4.16. The summed E-state index contributed by atoms with van der Waals surface area (Å²) in [5.41, 5.74) is 8.99. The number of ether oxygens (including phenoxy) is 1. The smallest absolute Gasteiger partial charge is 0.374 e. The summed E-state index contributed by atoms with van der Waals surface area (Å²) in [6.07, 6.45) is 0. The SMILES string of the molecule is COC(=O)c1ccc(Sc2ccccc2N=[N+]=[N-])o1. The number of esters is 1. The Morgan fingerprint density at radius 3 is 2.89 bits per heavy atom. The molecule has 0 atom stereocenters. The van der Waals surface area contributed by atoms with Crippen molar-refractivity contribution in [1.29, 1.82) is 0 Å². The van der Waals surface area contributed by atoms with Crippen molar-refractivity contribution in [3.05, 3.63) is 52.6 Å². The van der Waals surface area contributed by atoms with Crippen molar-refractivity contribution in [3.8, 4) is 0 Å². The molecule has 0 radical (unpaired) electrons. The largest absolute Gasteiger partial charge is 0.463 e. The lowest BCUT2D eigenvalue weighted by Gasteiger charge is -2.01. The molecular weight excluding hydrogens is 266 g/mol. The lowest BCUT2D eigenvalue weighted by atomic mass is 10.3. The van der Waals surface area contributed by atoms with E-state index in [1.165, 1.54) is 24.9 Å². The molecule has 1 aromatic heterocycles. The molecule has 96 valence electrons. The highest BCUT2D eigenvalue weighted by Crippen LogP contribution is 2.35. The molecule has 1 heterocycles. The highest BCUT2D eigenvalue weighted by molar-refractivity contribution is 7.99. The van der Waals surface area contributed by atoms with Crippen molar-refractivity contribution in [2.24, 2.45) is 5.11 Å². The van der Waals surface area contributed by atoms with Gasteiger partial charge in [-0.25, -0.2) is 4.79 Å². The van der Waals surface area contributed by atoms with Crippen LogP contribution in [0.1, 0.15) is 10.6 Å². The minimum absolute atomic E-state index is 0.131. The van der Waals surface area contributed by atoms with Crippen molar-refractivity contribution >= 4 is 23.4 Å². The standard InChI is InChI=1S/C12H9N3O3S/c1-17-12(16)9-6-7-11(18-9)19-10-5-3-2-4-8(10)14-15-13/h2-7H,1H3. The van der Waals surface area contributed by atoms with E-state index in [0.717, 1.165) is 4.90 Å². The number of carbonyl (C=O) groups is 1. The number of carbonyl (C=O) groups excluding carboxylic acids is 1. The van der Waals surface area contributed by atoms with Gasteiger partial charge in [-0.3, -0.25) is 0 Å². The summed E-state index contributed by atoms with van der Waals surface area (Å²) < 4.78 is 9.88. The lowest BCUT2D eigenvalue weighted by Crippen LogP contribution is -1.97. The number of hydrogen-bond acceptors (Lipinski definition) is 5. The number of benzene rings is 1. The Balaban J connectivity index is 2.24. The Morgan fingerprint density at radius 1 is 1.37 bits per heavy atom. The molecule has 0 aliphatic rings. The van der Waals surface area contributed by atoms with E-state index in [1.807, 2.05) is 6.07 Å². The fraction of sp³-hybridized carbons (Fsp3) is 0.0833. The fourth-order valence-electron chi connectivity index (χ4n) is 1.37. The summed E-state index contributed by atoms with van der Waals surface area (Å²) in [7, 11) is 1.29. The average Bonchev–Trinajstić information content (AvgIpc) is 2.89. The third-order valence-corrected chi connectivity index (χ3v) is 3.18. The van der Waals surface area contributed by atoms with E-state index in [9.17, 15) is 4.79 Å². The summed E-state index contributed by atoms with van der Waals surface area (Å²) in [5, 5.41) is 4.10. The topological polar surface area (TPSA) is 88.2 Å². The average molecular weight is 275 g/mol. The molecule has 0 fully saturated rings. The second-order valence-corrected chi connectivity index (χ2v) is 4.42. The van der Waals surface area contributed by atoms with Crippen LogP contribution in [-0.2, 0) is 4.74 Å². The maximum atomic E-state index is 11.3. The highest BCUT2D eigenvalue weighted by atomic mass is 32.2. The van der Waals surface area contributed by atoms with Crippen LogP contribution in [0.5, 0.6) is 0 Å². The monoisotopic (exact) mass is 275 g/mol. The Kier molecular flexibility index (Phi) is 4.12. The minimum atomic E-state index is -0.532. The summed E-state index contributed by atoms with van der Waals surface area (Å²) in [6.45, 7) is 0. The molecule has 1 aromatic carbocycles. The number of methoxy groups -OCH3 is 1. The summed E-state index contributed by atoms with van der Waals surface area (Å²) in [6, 6.07) is 10.3. The van der Waals surface area contributed by atoms with Gasteiger partial charge in [-0.1, -0.05) is 35.1 Å². The maximum Gasteiger partial charge on any atom is 0.374 e. The Bertz CT molecular complexity index is 647. The molecule has 0 amide bonds. The van der Waals surface area contributed by atoms with Crippen LogP contribution in [0.2, 0.25) is 0 Å². The van der Waals surface area contributed by atoms with Crippen molar-refractivity contribution in [1.82, 2.24) is 0 Å². The van der Waals surface area contributed by atoms with Gasteiger partial charge in [0.2, 0.25) is 5.76 Å². The summed E-state index contributed by atoms with van der Waals surface area (Å²) in [5.74, 6) is -0.401. The van der Waals surface area contributed by atoms with Crippen molar-refractivity contribution in [2.75, 3.05) is 7.11 Å². The quantitative estimate of drug-likeness (QED) is 0.362. The fourth-order valence-corrected chi connectivity index (χ4v) is 2.21. The first kappa shape index (κ1) is 13.1. The first-order valence-corrected chi connectivity index (χ1v) is 6.06. The van der Waals surface area contributed by atoms with E-state index < -0.39 is 5.97 Å². The van der Waals surface area contributed by atoms with Gasteiger partial charge in [0.15, 0.2) is 5.09 Å². The third-order valence-electron chi connectivity index (χ3n) is 2.20. The first-order valence-electron chi connectivity index (χ1n) is 5.24. The van der Waals surface area contributed by atoms with Crippen LogP contribution in [0.4, 0.5) is 5.69 Å². The second kappa shape index (κ2) is 5.99. The van der Waals surface area contributed by atoms with Gasteiger partial charge in [0.25, 0.3) is 0 Å². The highest BCUT2D eigenvalue weighted by Gasteiger charge is 2.12. The molecule has 0 bridgehead atoms. The van der Waals surface area contributed by atoms with E-state index >= 15 is 0 Å². The van der Waals surface area contributed by atoms with Crippen molar-refractivity contribution in [2.45, 2.75) is 9.99 Å². The maximum absolute atomic E-state index is 11.3. The van der Waals surface area contributed by atoms with Crippen molar-refractivity contribution in [3.63, 3.8) is 0 Å². The third kappa shape index (κ3) is 3.09. The molecule has 0 aliphatic carbocycles. The zero-order valence-electron chi connectivity index (χ0n) is 9.94. The summed E-state index contributed by atoms with van der Waals surface area (Å²) >= 11 is 1.26. The van der Waals surface area contributed by atoms with E-state index in [-0.39, 0.29) is 5.76 Å². The molecule has 0 spiro atoms. The number of hydrogen-bond donors (Lipinski definition) is 0. The van der Waals surface area contributed by atoms with Crippen LogP contribution in [-0.4, -0.2) is 13.1 Å². The van der Waals surface area contributed by atoms with Gasteiger partial charge < -0.3 is 9.15 Å². The van der Waals surface area contributed by atoms with Gasteiger partial charge in [-0.05, 0) is 23.7 Å². The van der Waals surface area contributed by atoms with Crippen molar-refractivity contribution < 1.29 is 13.9 Å². The molecule has 0 N–H and O–H groups in total. The molecule has 0 aliphatic heterocycles. The van der Waals surface area contributed by atoms with Crippen LogP contribution < -0.4 is 0 Å². The van der Waals surface area contributed by atoms with Crippen LogP contribution in [0.3, 0.4) is 0 Å². The molecular formula is C12H9N3O3S. The lowest BCUT2D eigenvalue weighted by molar-refractivity contribution is 0.0559. The van der Waals surface area contributed by atoms with Gasteiger partial charge in [0, 0.05) is 9.81 Å². The van der Waals surface area contributed by atoms with Gasteiger partial charge in [0.1, 0.15) is 0 Å². The van der Waals surface area contributed by atoms with Crippen LogP contribution >= 0.6 is 11.8 Å². The minimum Gasteiger partial charge on any atom is -0.463 e. The number of nitrogens with zero attached hydrogens (tertiary/aromatic N) is 3. The number of azide groups is 1. The first-order chi connectivity index (χ1) is 9.24. The van der Waals surface area contributed by atoms with Gasteiger partial charge in [0.05, 0.1) is 12.8 Å². The van der Waals surface area contributed by atoms with Gasteiger partial charge in [-0.2, -0.15) is 0 Å². The molecule has 0 unspecified atom stereocenters. The molecule has 0 saturated heterocycles.